The highest BCUT2D eigenvalue weighted by Crippen LogP contribution is 2.61. The molecule has 5 aromatic rings. The predicted octanol–water partition coefficient (Wildman–Crippen LogP) is 8.45. The van der Waals surface area contributed by atoms with Crippen LogP contribution in [0.3, 0.4) is 0 Å². The normalized spacial score (nSPS) is 17.3. The summed E-state index contributed by atoms with van der Waals surface area (Å²) in [7, 11) is 0. The molecule has 0 aromatic heterocycles. The lowest BCUT2D eigenvalue weighted by molar-refractivity contribution is -0.137. The van der Waals surface area contributed by atoms with E-state index in [1.165, 1.54) is 0 Å². The van der Waals surface area contributed by atoms with E-state index in [4.69, 9.17) is 24.1 Å². The third kappa shape index (κ3) is 9.01. The van der Waals surface area contributed by atoms with Gasteiger partial charge in [0.15, 0.2) is 5.78 Å². The highest BCUT2D eigenvalue weighted by atomic mass is 16.5. The predicted molar refractivity (Wildman–Crippen MR) is 209 cm³/mol. The van der Waals surface area contributed by atoms with Crippen molar-refractivity contribution in [3.63, 3.8) is 0 Å². The van der Waals surface area contributed by atoms with Gasteiger partial charge in [0.1, 0.15) is 36.2 Å². The average molecular weight is 751 g/mol. The summed E-state index contributed by atoms with van der Waals surface area (Å²) in [5, 5.41) is 21.4. The number of anilines is 1. The molecule has 284 valence electrons. The number of hydrogen-bond acceptors (Lipinski definition) is 8. The van der Waals surface area contributed by atoms with Gasteiger partial charge < -0.3 is 29.4 Å². The molecule has 1 spiro atoms. The van der Waals surface area contributed by atoms with Crippen LogP contribution in [-0.4, -0.2) is 36.0 Å². The number of nitrogens with zero attached hydrogens (tertiary/aromatic N) is 1. The summed E-state index contributed by atoms with van der Waals surface area (Å²) in [5.74, 6) is 1.81. The topological polar surface area (TPSA) is 144 Å². The fourth-order valence-electron chi connectivity index (χ4n) is 7.26. The largest absolute Gasteiger partial charge is 0.493 e. The minimum absolute atomic E-state index is 0.0462. The number of aliphatic carboxylic acids is 1. The van der Waals surface area contributed by atoms with E-state index < -0.39 is 5.97 Å². The van der Waals surface area contributed by atoms with Gasteiger partial charge in [-0.15, -0.1) is 0 Å². The minimum Gasteiger partial charge on any atom is -0.493 e. The zero-order valence-corrected chi connectivity index (χ0v) is 30.9. The number of ketones is 1. The van der Waals surface area contributed by atoms with E-state index in [-0.39, 0.29) is 29.4 Å². The van der Waals surface area contributed by atoms with Crippen molar-refractivity contribution >= 4 is 23.3 Å². The first kappa shape index (κ1) is 37.7. The van der Waals surface area contributed by atoms with Crippen LogP contribution in [0.4, 0.5) is 5.69 Å². The molecule has 10 heteroatoms. The first-order valence-electron chi connectivity index (χ1n) is 18.8. The minimum atomic E-state index is -0.857. The van der Waals surface area contributed by atoms with E-state index in [2.05, 4.69) is 11.4 Å². The molecule has 0 unspecified atom stereocenters. The number of carboxylic acids is 1. The molecular weight excluding hydrogens is 709 g/mol. The van der Waals surface area contributed by atoms with E-state index >= 15 is 0 Å². The third-order valence-electron chi connectivity index (χ3n) is 10.4. The number of carbonyl (C=O) groups is 3. The number of carboxylic acid groups (broad SMARTS) is 1. The Bertz CT molecular complexity index is 2250. The first-order valence-corrected chi connectivity index (χ1v) is 18.8. The van der Waals surface area contributed by atoms with Crippen molar-refractivity contribution in [3.05, 3.63) is 149 Å². The van der Waals surface area contributed by atoms with Gasteiger partial charge in [-0.05, 0) is 90.9 Å². The molecule has 1 aliphatic carbocycles. The van der Waals surface area contributed by atoms with Gasteiger partial charge in [-0.2, -0.15) is 5.26 Å². The smallest absolute Gasteiger partial charge is 0.303 e. The van der Waals surface area contributed by atoms with E-state index in [0.29, 0.717) is 80.4 Å². The molecule has 3 aliphatic rings. The molecule has 2 aliphatic heterocycles. The van der Waals surface area contributed by atoms with Crippen LogP contribution in [0.5, 0.6) is 23.0 Å². The summed E-state index contributed by atoms with van der Waals surface area (Å²) < 4.78 is 23.1. The van der Waals surface area contributed by atoms with E-state index in [9.17, 15) is 19.6 Å². The molecule has 1 saturated carbocycles. The Morgan fingerprint density at radius 2 is 1.48 bits per heavy atom. The fraction of sp³-hybridized carbons (Fsp3) is 0.261. The molecule has 0 bridgehead atoms. The van der Waals surface area contributed by atoms with Crippen molar-refractivity contribution in [3.8, 4) is 29.1 Å². The molecule has 1 fully saturated rings. The molecule has 2 heterocycles. The highest BCUT2D eigenvalue weighted by Gasteiger charge is 2.61. The second-order valence-electron chi connectivity index (χ2n) is 14.1. The summed E-state index contributed by atoms with van der Waals surface area (Å²) in [4.78, 5) is 36.1. The first-order chi connectivity index (χ1) is 27.3. The lowest BCUT2D eigenvalue weighted by Crippen LogP contribution is -2.27. The molecule has 1 amide bonds. The van der Waals surface area contributed by atoms with Crippen molar-refractivity contribution in [1.82, 2.24) is 0 Å². The molecular formula is C46H42N2O8. The van der Waals surface area contributed by atoms with E-state index in [1.54, 1.807) is 30.3 Å². The van der Waals surface area contributed by atoms with Gasteiger partial charge in [-0.1, -0.05) is 66.7 Å². The second kappa shape index (κ2) is 17.2. The standard InChI is InChI=1S/C30H28N2O5.C16H14O3/c31-18-21-9-10-22(7-4-8-28(33)34)26(15-21)32-29(35)25-17-30(25)13-14-36-27-12-11-23(16-24(27)30)37-19-20-5-2-1-3-6-20;17-15-8-9-18-16-7-6-13(10-14(15)16)19-11-12-4-2-1-3-5-12/h1-3,5-6,9-12,15-16,25H,4,7-8,13-14,17,19H2,(H,32,35)(H,33,34);1-7,10H,8-9,11H2/t25-,30-;/m0./s1. The number of rotatable bonds is 12. The summed E-state index contributed by atoms with van der Waals surface area (Å²) in [5.41, 5.74) is 5.33. The van der Waals surface area contributed by atoms with Crippen LogP contribution in [0.15, 0.2) is 115 Å². The van der Waals surface area contributed by atoms with Crippen LogP contribution >= 0.6 is 0 Å². The number of hydrogen-bond donors (Lipinski definition) is 2. The Morgan fingerprint density at radius 1 is 0.821 bits per heavy atom. The van der Waals surface area contributed by atoms with Gasteiger partial charge in [0, 0.05) is 35.4 Å². The molecule has 2 atom stereocenters. The molecule has 2 N–H and O–H groups in total. The average Bonchev–Trinajstić information content (AvgIpc) is 3.95. The SMILES string of the molecule is N#Cc1ccc(CCCC(=O)O)c(NC(=O)[C@@H]2C[C@]23CCOc2ccc(OCc4ccccc4)cc23)c1.O=C1CCOc2ccc(OCc3ccccc3)cc21. The van der Waals surface area contributed by atoms with Crippen LogP contribution in [-0.2, 0) is 34.6 Å². The third-order valence-corrected chi connectivity index (χ3v) is 10.4. The molecule has 5 aromatic carbocycles. The van der Waals surface area contributed by atoms with Gasteiger partial charge >= 0.3 is 5.97 Å². The zero-order valence-electron chi connectivity index (χ0n) is 30.9. The Morgan fingerprint density at radius 3 is 2.16 bits per heavy atom. The number of Topliss-reactive ketones (excluding diaryl/α,β-unsaturated/α-hetero) is 1. The summed E-state index contributed by atoms with van der Waals surface area (Å²) in [6.07, 6.45) is 2.89. The Balaban J connectivity index is 0.000000211. The number of ether oxygens (including phenoxy) is 4. The van der Waals surface area contributed by atoms with Crippen molar-refractivity contribution in [1.29, 1.82) is 5.26 Å². The Kier molecular flexibility index (Phi) is 11.6. The van der Waals surface area contributed by atoms with Crippen LogP contribution in [0.1, 0.15) is 70.3 Å². The summed E-state index contributed by atoms with van der Waals surface area (Å²) >= 11 is 0. The van der Waals surface area contributed by atoms with Crippen LogP contribution in [0, 0.1) is 17.2 Å². The van der Waals surface area contributed by atoms with Crippen molar-refractivity contribution < 1.29 is 38.4 Å². The fourth-order valence-corrected chi connectivity index (χ4v) is 7.26. The summed E-state index contributed by atoms with van der Waals surface area (Å²) in [6.45, 7) is 1.97. The maximum absolute atomic E-state index is 13.4. The molecule has 10 nitrogen and oxygen atoms in total. The van der Waals surface area contributed by atoms with E-state index in [0.717, 1.165) is 40.2 Å². The summed E-state index contributed by atoms with van der Waals surface area (Å²) in [6, 6.07) is 38.4. The molecule has 0 saturated heterocycles. The second-order valence-corrected chi connectivity index (χ2v) is 14.1. The zero-order chi connectivity index (χ0) is 38.9. The maximum atomic E-state index is 13.4. The number of amides is 1. The molecule has 56 heavy (non-hydrogen) atoms. The highest BCUT2D eigenvalue weighted by molar-refractivity contribution is 6.00. The van der Waals surface area contributed by atoms with Crippen LogP contribution < -0.4 is 24.3 Å². The lowest BCUT2D eigenvalue weighted by Gasteiger charge is -2.27. The Hall–Kier alpha value is -6.60. The van der Waals surface area contributed by atoms with Gasteiger partial charge in [-0.3, -0.25) is 14.4 Å². The number of nitrogens with one attached hydrogen (secondary N) is 1. The number of aryl methyl sites for hydroxylation is 1. The Labute approximate surface area is 325 Å². The van der Waals surface area contributed by atoms with E-state index in [1.807, 2.05) is 84.9 Å². The molecule has 8 rings (SSSR count). The number of benzene rings is 5. The van der Waals surface area contributed by atoms with Crippen LogP contribution in [0.25, 0.3) is 0 Å². The van der Waals surface area contributed by atoms with Gasteiger partial charge in [0.2, 0.25) is 5.91 Å². The number of nitriles is 1. The van der Waals surface area contributed by atoms with Crippen molar-refractivity contribution in [2.24, 2.45) is 5.92 Å². The van der Waals surface area contributed by atoms with Gasteiger partial charge in [0.05, 0.1) is 30.4 Å². The lowest BCUT2D eigenvalue weighted by atomic mass is 9.87. The van der Waals surface area contributed by atoms with Crippen molar-refractivity contribution in [2.75, 3.05) is 18.5 Å². The monoisotopic (exact) mass is 750 g/mol. The van der Waals surface area contributed by atoms with Crippen LogP contribution in [0.2, 0.25) is 0 Å². The van der Waals surface area contributed by atoms with Gasteiger partial charge in [-0.25, -0.2) is 0 Å². The quantitative estimate of drug-likeness (QED) is 0.128. The number of carbonyl (C=O) groups excluding carboxylic acids is 2. The van der Waals surface area contributed by atoms with Gasteiger partial charge in [0.25, 0.3) is 0 Å². The van der Waals surface area contributed by atoms with Crippen molar-refractivity contribution in [2.45, 2.75) is 57.2 Å². The number of fused-ring (bicyclic) bond motifs is 3. The molecule has 0 radical (unpaired) electrons. The maximum Gasteiger partial charge on any atom is 0.303 e.